The normalized spacial score (nSPS) is 15.5. The summed E-state index contributed by atoms with van der Waals surface area (Å²) in [7, 11) is 7.09. The zero-order valence-corrected chi connectivity index (χ0v) is 21.5. The molecule has 3 heterocycles. The molecule has 1 aromatic carbocycles. The highest BCUT2D eigenvalue weighted by Gasteiger charge is 2.30. The number of hydrogen-bond donors (Lipinski definition) is 1. The number of amides is 1. The first kappa shape index (κ1) is 25.4. The van der Waals surface area contributed by atoms with Crippen LogP contribution in [0.3, 0.4) is 0 Å². The van der Waals surface area contributed by atoms with Crippen molar-refractivity contribution in [2.24, 2.45) is 0 Å². The minimum atomic E-state index is -0.0644. The number of carbonyl (C=O) groups is 1. The predicted octanol–water partition coefficient (Wildman–Crippen LogP) is 2.98. The third kappa shape index (κ3) is 5.40. The zero-order valence-electron chi connectivity index (χ0n) is 20.8. The lowest BCUT2D eigenvalue weighted by atomic mass is 10.1. The molecule has 1 saturated heterocycles. The van der Waals surface area contributed by atoms with E-state index in [0.29, 0.717) is 64.1 Å². The number of likely N-dealkylation sites (tertiary alicyclic amines) is 1. The topological polar surface area (TPSA) is 98.7 Å². The molecule has 2 aromatic heterocycles. The van der Waals surface area contributed by atoms with Crippen LogP contribution < -0.4 is 15.2 Å². The van der Waals surface area contributed by atoms with Crippen molar-refractivity contribution in [1.29, 1.82) is 0 Å². The molecule has 0 radical (unpaired) electrons. The first-order chi connectivity index (χ1) is 17.3. The van der Waals surface area contributed by atoms with Crippen molar-refractivity contribution in [3.05, 3.63) is 52.8 Å². The fourth-order valence-corrected chi connectivity index (χ4v) is 4.36. The Morgan fingerprint density at radius 3 is 2.64 bits per heavy atom. The highest BCUT2D eigenvalue weighted by atomic mass is 35.5. The summed E-state index contributed by atoms with van der Waals surface area (Å²) in [5.74, 6) is 7.79. The van der Waals surface area contributed by atoms with Gasteiger partial charge >= 0.3 is 0 Å². The van der Waals surface area contributed by atoms with Crippen molar-refractivity contribution < 1.29 is 14.3 Å². The molecule has 0 saturated carbocycles. The second kappa shape index (κ2) is 10.9. The summed E-state index contributed by atoms with van der Waals surface area (Å²) in [6.07, 6.45) is 5.74. The number of carbonyl (C=O) groups excluding carboxylic acids is 1. The molecule has 0 unspecified atom stereocenters. The summed E-state index contributed by atoms with van der Waals surface area (Å²) in [5, 5.41) is 5.81. The molecule has 0 spiro atoms. The number of pyridine rings is 1. The third-order valence-electron chi connectivity index (χ3n) is 5.94. The summed E-state index contributed by atoms with van der Waals surface area (Å²) >= 11 is 6.56. The van der Waals surface area contributed by atoms with Gasteiger partial charge < -0.3 is 25.0 Å². The highest BCUT2D eigenvalue weighted by molar-refractivity contribution is 6.35. The number of hydrogen-bond acceptors (Lipinski definition) is 7. The van der Waals surface area contributed by atoms with E-state index in [1.54, 1.807) is 26.4 Å². The van der Waals surface area contributed by atoms with E-state index in [0.717, 1.165) is 6.42 Å². The summed E-state index contributed by atoms with van der Waals surface area (Å²) in [5.41, 5.74) is 8.08. The molecule has 1 aliphatic heterocycles. The fourth-order valence-electron chi connectivity index (χ4n) is 4.13. The van der Waals surface area contributed by atoms with E-state index >= 15 is 0 Å². The van der Waals surface area contributed by atoms with Crippen molar-refractivity contribution in [2.45, 2.75) is 12.5 Å². The number of likely N-dealkylation sites (N-methyl/N-ethyl adjacent to an activating group) is 1. The van der Waals surface area contributed by atoms with E-state index in [1.165, 1.54) is 6.20 Å². The monoisotopic (exact) mass is 508 g/mol. The molecule has 1 atom stereocenters. The number of anilines is 1. The summed E-state index contributed by atoms with van der Waals surface area (Å²) in [6, 6.07) is 5.34. The van der Waals surface area contributed by atoms with Gasteiger partial charge in [-0.3, -0.25) is 9.48 Å². The molecular weight excluding hydrogens is 480 g/mol. The van der Waals surface area contributed by atoms with Crippen LogP contribution in [0.1, 0.15) is 23.7 Å². The maximum absolute atomic E-state index is 12.6. The van der Waals surface area contributed by atoms with Crippen LogP contribution in [-0.2, 0) is 4.79 Å². The van der Waals surface area contributed by atoms with Crippen LogP contribution in [0.15, 0.2) is 36.5 Å². The molecule has 9 nitrogen and oxygen atoms in total. The second-order valence-corrected chi connectivity index (χ2v) is 9.16. The minimum Gasteiger partial charge on any atom is -0.497 e. The third-order valence-corrected chi connectivity index (χ3v) is 6.21. The number of rotatable bonds is 6. The summed E-state index contributed by atoms with van der Waals surface area (Å²) < 4.78 is 12.5. The van der Waals surface area contributed by atoms with Crippen molar-refractivity contribution in [3.8, 4) is 23.3 Å². The van der Waals surface area contributed by atoms with Crippen molar-refractivity contribution in [3.63, 3.8) is 0 Å². The van der Waals surface area contributed by atoms with Gasteiger partial charge in [0.15, 0.2) is 0 Å². The predicted molar refractivity (Wildman–Crippen MR) is 140 cm³/mol. The molecule has 188 valence electrons. The standard InChI is InChI=1S/C26H29ClN6O3/c1-31(2)10-5-6-23(34)32-11-9-18(16-32)33-25-21(27)15-29-26(28)24(25)22(30-33)8-7-17-12-19(35-3)14-20(13-17)36-4/h5-6,12-15,18H,9-11,16H2,1-4H3,(H2,28,29)/b6-5+/t18-/m0/s1. The maximum Gasteiger partial charge on any atom is 0.246 e. The summed E-state index contributed by atoms with van der Waals surface area (Å²) in [4.78, 5) is 20.7. The van der Waals surface area contributed by atoms with Crippen LogP contribution in [0.25, 0.3) is 10.9 Å². The average Bonchev–Trinajstić information content (AvgIpc) is 3.50. The fraction of sp³-hybridized carbons (Fsp3) is 0.346. The first-order valence-corrected chi connectivity index (χ1v) is 11.9. The molecule has 2 N–H and O–H groups in total. The number of aromatic nitrogens is 3. The molecule has 0 aliphatic carbocycles. The van der Waals surface area contributed by atoms with Gasteiger partial charge in [0, 0.05) is 37.3 Å². The Hall–Kier alpha value is -3.74. The van der Waals surface area contributed by atoms with Crippen LogP contribution >= 0.6 is 11.6 Å². The van der Waals surface area contributed by atoms with E-state index in [-0.39, 0.29) is 11.9 Å². The molecule has 3 aromatic rings. The van der Waals surface area contributed by atoms with Gasteiger partial charge in [-0.15, -0.1) is 0 Å². The minimum absolute atomic E-state index is 0.0184. The molecule has 1 aliphatic rings. The van der Waals surface area contributed by atoms with E-state index < -0.39 is 0 Å². The lowest BCUT2D eigenvalue weighted by Crippen LogP contribution is -2.27. The Bertz CT molecular complexity index is 1350. The SMILES string of the molecule is COc1cc(C#Cc2nn([C@H]3CCN(C(=O)/C=C/CN(C)C)C3)c3c(Cl)cnc(N)c23)cc(OC)c1. The van der Waals surface area contributed by atoms with E-state index in [2.05, 4.69) is 16.8 Å². The smallest absolute Gasteiger partial charge is 0.246 e. The van der Waals surface area contributed by atoms with Gasteiger partial charge in [0.1, 0.15) is 23.0 Å². The number of benzene rings is 1. The molecule has 36 heavy (non-hydrogen) atoms. The van der Waals surface area contributed by atoms with Crippen molar-refractivity contribution in [2.75, 3.05) is 53.7 Å². The number of nitrogens with two attached hydrogens (primary N) is 1. The first-order valence-electron chi connectivity index (χ1n) is 11.5. The van der Waals surface area contributed by atoms with Gasteiger partial charge in [0.25, 0.3) is 0 Å². The Kier molecular flexibility index (Phi) is 7.67. The van der Waals surface area contributed by atoms with Crippen LogP contribution in [-0.4, -0.2) is 78.4 Å². The molecule has 10 heteroatoms. The molecule has 4 rings (SSSR count). The van der Waals surface area contributed by atoms with Crippen LogP contribution in [0.4, 0.5) is 5.82 Å². The maximum atomic E-state index is 12.6. The number of nitrogens with zero attached hydrogens (tertiary/aromatic N) is 5. The Morgan fingerprint density at radius 2 is 1.97 bits per heavy atom. The number of ether oxygens (including phenoxy) is 2. The lowest BCUT2D eigenvalue weighted by Gasteiger charge is -2.16. The van der Waals surface area contributed by atoms with Gasteiger partial charge in [0.2, 0.25) is 5.91 Å². The number of nitrogen functional groups attached to an aromatic ring is 1. The Balaban J connectivity index is 1.68. The highest BCUT2D eigenvalue weighted by Crippen LogP contribution is 2.34. The molecular formula is C26H29ClN6O3. The molecule has 0 bridgehead atoms. The van der Waals surface area contributed by atoms with Gasteiger partial charge in [-0.25, -0.2) is 4.98 Å². The van der Waals surface area contributed by atoms with Crippen molar-refractivity contribution in [1.82, 2.24) is 24.6 Å². The largest absolute Gasteiger partial charge is 0.497 e. The van der Waals surface area contributed by atoms with Gasteiger partial charge in [-0.1, -0.05) is 23.6 Å². The lowest BCUT2D eigenvalue weighted by molar-refractivity contribution is -0.125. The van der Waals surface area contributed by atoms with E-state index in [4.69, 9.17) is 31.9 Å². The van der Waals surface area contributed by atoms with Crippen LogP contribution in [0.2, 0.25) is 5.02 Å². The Morgan fingerprint density at radius 1 is 1.25 bits per heavy atom. The zero-order chi connectivity index (χ0) is 25.8. The van der Waals surface area contributed by atoms with Crippen molar-refractivity contribution >= 4 is 34.2 Å². The molecule has 1 fully saturated rings. The van der Waals surface area contributed by atoms with E-state index in [9.17, 15) is 4.79 Å². The average molecular weight is 509 g/mol. The summed E-state index contributed by atoms with van der Waals surface area (Å²) in [6.45, 7) is 1.84. The Labute approximate surface area is 215 Å². The second-order valence-electron chi connectivity index (χ2n) is 8.75. The van der Waals surface area contributed by atoms with Crippen LogP contribution in [0.5, 0.6) is 11.5 Å². The van der Waals surface area contributed by atoms with Gasteiger partial charge in [0.05, 0.1) is 42.4 Å². The number of fused-ring (bicyclic) bond motifs is 1. The van der Waals surface area contributed by atoms with Gasteiger partial charge in [-0.05, 0) is 38.6 Å². The van der Waals surface area contributed by atoms with Crippen LogP contribution in [0, 0.1) is 11.8 Å². The van der Waals surface area contributed by atoms with Gasteiger partial charge in [-0.2, -0.15) is 5.10 Å². The number of methoxy groups -OCH3 is 2. The molecule has 1 amide bonds. The quantitative estimate of drug-likeness (QED) is 0.403. The van der Waals surface area contributed by atoms with E-state index in [1.807, 2.05) is 46.8 Å². The number of halogens is 1.